The van der Waals surface area contributed by atoms with Crippen molar-refractivity contribution in [2.75, 3.05) is 0 Å². The molecule has 0 saturated heterocycles. The molecule has 0 radical (unpaired) electrons. The van der Waals surface area contributed by atoms with Crippen LogP contribution < -0.4 is 0 Å². The second kappa shape index (κ2) is 4.22. The lowest BCUT2D eigenvalue weighted by molar-refractivity contribution is -0.137. The maximum Gasteiger partial charge on any atom is 0.416 e. The molecule has 1 heterocycles. The minimum atomic E-state index is -4.42. The van der Waals surface area contributed by atoms with Gasteiger partial charge >= 0.3 is 6.18 Å². The molecule has 4 nitrogen and oxygen atoms in total. The fourth-order valence-corrected chi connectivity index (χ4v) is 1.83. The molecule has 2 aromatic carbocycles. The van der Waals surface area contributed by atoms with E-state index in [2.05, 4.69) is 10.2 Å². The number of para-hydroxylation sites is 2. The Balaban J connectivity index is 2.14. The van der Waals surface area contributed by atoms with Gasteiger partial charge in [-0.1, -0.05) is 12.1 Å². The molecule has 102 valence electrons. The molecular weight excluding hydrogens is 271 g/mol. The summed E-state index contributed by atoms with van der Waals surface area (Å²) >= 11 is 0. The average molecular weight is 279 g/mol. The molecule has 0 atom stereocenters. The van der Waals surface area contributed by atoms with Crippen molar-refractivity contribution in [2.24, 2.45) is 0 Å². The van der Waals surface area contributed by atoms with Crippen molar-refractivity contribution in [1.82, 2.24) is 15.0 Å². The minimum Gasteiger partial charge on any atom is -0.506 e. The zero-order valence-electron chi connectivity index (χ0n) is 9.96. The molecule has 7 heteroatoms. The Bertz CT molecular complexity index is 780. The SMILES string of the molecule is Oc1ccccc1-n1nc2ccc(C(F)(F)F)cc2n1. The van der Waals surface area contributed by atoms with Gasteiger partial charge in [0.2, 0.25) is 0 Å². The Hall–Kier alpha value is -2.57. The lowest BCUT2D eigenvalue weighted by atomic mass is 10.2. The second-order valence-corrected chi connectivity index (χ2v) is 4.18. The van der Waals surface area contributed by atoms with Gasteiger partial charge < -0.3 is 5.11 Å². The highest BCUT2D eigenvalue weighted by atomic mass is 19.4. The largest absolute Gasteiger partial charge is 0.506 e. The quantitative estimate of drug-likeness (QED) is 0.744. The number of phenols is 1. The number of phenolic OH excluding ortho intramolecular Hbond substituents is 1. The van der Waals surface area contributed by atoms with Crippen LogP contribution in [-0.2, 0) is 6.18 Å². The number of hydrogen-bond donors (Lipinski definition) is 1. The first kappa shape index (κ1) is 12.5. The second-order valence-electron chi connectivity index (χ2n) is 4.18. The van der Waals surface area contributed by atoms with E-state index in [9.17, 15) is 18.3 Å². The number of benzene rings is 2. The summed E-state index contributed by atoms with van der Waals surface area (Å²) in [6, 6.07) is 9.45. The number of hydrogen-bond acceptors (Lipinski definition) is 3. The number of alkyl halides is 3. The molecule has 0 aliphatic carbocycles. The van der Waals surface area contributed by atoms with Crippen LogP contribution in [0.3, 0.4) is 0 Å². The normalized spacial score (nSPS) is 11.9. The molecular formula is C13H8F3N3O. The summed E-state index contributed by atoms with van der Waals surface area (Å²) in [5, 5.41) is 17.7. The molecule has 20 heavy (non-hydrogen) atoms. The van der Waals surface area contributed by atoms with Crippen molar-refractivity contribution in [2.45, 2.75) is 6.18 Å². The summed E-state index contributed by atoms with van der Waals surface area (Å²) in [4.78, 5) is 1.11. The maximum absolute atomic E-state index is 12.6. The molecule has 0 aliphatic rings. The van der Waals surface area contributed by atoms with E-state index < -0.39 is 11.7 Å². The van der Waals surface area contributed by atoms with E-state index in [-0.39, 0.29) is 11.3 Å². The van der Waals surface area contributed by atoms with Crippen molar-refractivity contribution in [3.63, 3.8) is 0 Å². The summed E-state index contributed by atoms with van der Waals surface area (Å²) in [6.45, 7) is 0. The van der Waals surface area contributed by atoms with Gasteiger partial charge in [-0.15, -0.1) is 15.0 Å². The Labute approximate surface area is 111 Å². The average Bonchev–Trinajstić information content (AvgIpc) is 2.80. The first-order valence-electron chi connectivity index (χ1n) is 5.68. The third-order valence-corrected chi connectivity index (χ3v) is 2.80. The van der Waals surface area contributed by atoms with Gasteiger partial charge in [-0.3, -0.25) is 0 Å². The van der Waals surface area contributed by atoms with Crippen LogP contribution in [0.25, 0.3) is 16.7 Å². The molecule has 0 spiro atoms. The van der Waals surface area contributed by atoms with Gasteiger partial charge in [0.05, 0.1) is 5.56 Å². The van der Waals surface area contributed by atoms with Crippen LogP contribution in [-0.4, -0.2) is 20.1 Å². The third kappa shape index (κ3) is 2.07. The first-order valence-corrected chi connectivity index (χ1v) is 5.68. The van der Waals surface area contributed by atoms with Gasteiger partial charge in [-0.2, -0.15) is 13.2 Å². The van der Waals surface area contributed by atoms with Gasteiger partial charge in [0.25, 0.3) is 0 Å². The fourth-order valence-electron chi connectivity index (χ4n) is 1.83. The zero-order valence-corrected chi connectivity index (χ0v) is 9.96. The number of rotatable bonds is 1. The number of aromatic hydroxyl groups is 1. The smallest absolute Gasteiger partial charge is 0.416 e. The summed E-state index contributed by atoms with van der Waals surface area (Å²) < 4.78 is 37.8. The predicted molar refractivity (Wildman–Crippen MR) is 65.5 cm³/mol. The molecule has 1 aromatic heterocycles. The highest BCUT2D eigenvalue weighted by Crippen LogP contribution is 2.31. The monoisotopic (exact) mass is 279 g/mol. The number of nitrogens with zero attached hydrogens (tertiary/aromatic N) is 3. The highest BCUT2D eigenvalue weighted by Gasteiger charge is 2.30. The Kier molecular flexibility index (Phi) is 2.63. The van der Waals surface area contributed by atoms with Crippen LogP contribution >= 0.6 is 0 Å². The summed E-state index contributed by atoms with van der Waals surface area (Å²) in [5.74, 6) is -0.0520. The van der Waals surface area contributed by atoms with Gasteiger partial charge in [0.15, 0.2) is 0 Å². The third-order valence-electron chi connectivity index (χ3n) is 2.80. The van der Waals surface area contributed by atoms with Crippen molar-refractivity contribution >= 4 is 11.0 Å². The van der Waals surface area contributed by atoms with Crippen molar-refractivity contribution < 1.29 is 18.3 Å². The summed E-state index contributed by atoms with van der Waals surface area (Å²) in [6.07, 6.45) is -4.42. The van der Waals surface area contributed by atoms with Crippen LogP contribution in [0.1, 0.15) is 5.56 Å². The Morgan fingerprint density at radius 2 is 1.65 bits per heavy atom. The lowest BCUT2D eigenvalue weighted by Gasteiger charge is -2.04. The molecule has 3 aromatic rings. The molecule has 0 saturated carbocycles. The predicted octanol–water partition coefficient (Wildman–Crippen LogP) is 3.14. The number of halogens is 3. The van der Waals surface area contributed by atoms with Crippen molar-refractivity contribution in [3.8, 4) is 11.4 Å². The van der Waals surface area contributed by atoms with E-state index in [0.717, 1.165) is 16.9 Å². The van der Waals surface area contributed by atoms with E-state index in [1.807, 2.05) is 0 Å². The van der Waals surface area contributed by atoms with Crippen LogP contribution in [0.5, 0.6) is 5.75 Å². The maximum atomic E-state index is 12.6. The number of fused-ring (bicyclic) bond motifs is 1. The molecule has 0 unspecified atom stereocenters. The van der Waals surface area contributed by atoms with Gasteiger partial charge in [-0.25, -0.2) is 0 Å². The van der Waals surface area contributed by atoms with E-state index in [1.165, 1.54) is 12.1 Å². The first-order chi connectivity index (χ1) is 9.45. The molecule has 3 rings (SSSR count). The molecule has 0 aliphatic heterocycles. The standard InChI is InChI=1S/C13H8F3N3O/c14-13(15,16)8-5-6-9-10(7-8)18-19(17-9)11-3-1-2-4-12(11)20/h1-7,20H. The van der Waals surface area contributed by atoms with Crippen LogP contribution in [0.2, 0.25) is 0 Å². The summed E-state index contributed by atoms with van der Waals surface area (Å²) in [7, 11) is 0. The number of aromatic nitrogens is 3. The molecule has 1 N–H and O–H groups in total. The molecule has 0 fully saturated rings. The summed E-state index contributed by atoms with van der Waals surface area (Å²) in [5.41, 5.74) is -0.0454. The van der Waals surface area contributed by atoms with E-state index in [0.29, 0.717) is 11.2 Å². The van der Waals surface area contributed by atoms with Crippen LogP contribution in [0.4, 0.5) is 13.2 Å². The van der Waals surface area contributed by atoms with Crippen molar-refractivity contribution in [1.29, 1.82) is 0 Å². The van der Waals surface area contributed by atoms with Gasteiger partial charge in [-0.05, 0) is 30.3 Å². The van der Waals surface area contributed by atoms with E-state index >= 15 is 0 Å². The van der Waals surface area contributed by atoms with Crippen LogP contribution in [0, 0.1) is 0 Å². The Morgan fingerprint density at radius 1 is 0.950 bits per heavy atom. The van der Waals surface area contributed by atoms with Crippen LogP contribution in [0.15, 0.2) is 42.5 Å². The van der Waals surface area contributed by atoms with Crippen molar-refractivity contribution in [3.05, 3.63) is 48.0 Å². The van der Waals surface area contributed by atoms with Gasteiger partial charge in [0, 0.05) is 0 Å². The zero-order chi connectivity index (χ0) is 14.3. The van der Waals surface area contributed by atoms with E-state index in [1.54, 1.807) is 18.2 Å². The molecule has 0 bridgehead atoms. The van der Waals surface area contributed by atoms with Gasteiger partial charge in [0.1, 0.15) is 22.5 Å². The highest BCUT2D eigenvalue weighted by molar-refractivity contribution is 5.75. The topological polar surface area (TPSA) is 50.9 Å². The fraction of sp³-hybridized carbons (Fsp3) is 0.0769. The lowest BCUT2D eigenvalue weighted by Crippen LogP contribution is -2.04. The molecule has 0 amide bonds. The Morgan fingerprint density at radius 3 is 2.35 bits per heavy atom. The van der Waals surface area contributed by atoms with E-state index in [4.69, 9.17) is 0 Å². The minimum absolute atomic E-state index is 0.0520.